The largest absolute Gasteiger partial charge is 0.462 e. The van der Waals surface area contributed by atoms with Crippen LogP contribution in [0.5, 0.6) is 0 Å². The molecule has 0 aliphatic carbocycles. The lowest BCUT2D eigenvalue weighted by Gasteiger charge is -2.18. The van der Waals surface area contributed by atoms with Crippen molar-refractivity contribution in [3.63, 3.8) is 0 Å². The fourth-order valence-electron chi connectivity index (χ4n) is 8.10. The van der Waals surface area contributed by atoms with Crippen molar-refractivity contribution in [2.24, 2.45) is 0 Å². The van der Waals surface area contributed by atoms with Crippen molar-refractivity contribution >= 4 is 11.9 Å². The molecule has 0 spiro atoms. The Kier molecular flexibility index (Phi) is 53.3. The Labute approximate surface area is 399 Å². The van der Waals surface area contributed by atoms with Crippen LogP contribution in [0, 0.1) is 0 Å². The highest BCUT2D eigenvalue weighted by molar-refractivity contribution is 5.70. The second-order valence-electron chi connectivity index (χ2n) is 18.8. The van der Waals surface area contributed by atoms with Crippen LogP contribution in [0.3, 0.4) is 0 Å². The number of hydrogen-bond acceptors (Lipinski definition) is 5. The van der Waals surface area contributed by atoms with Gasteiger partial charge in [0.1, 0.15) is 6.61 Å². The van der Waals surface area contributed by atoms with E-state index in [-0.39, 0.29) is 25.2 Å². The summed E-state index contributed by atoms with van der Waals surface area (Å²) in [6, 6.07) is 0. The van der Waals surface area contributed by atoms with E-state index in [1.165, 1.54) is 186 Å². The molecule has 0 aromatic carbocycles. The molecule has 64 heavy (non-hydrogen) atoms. The van der Waals surface area contributed by atoms with Gasteiger partial charge in [0.25, 0.3) is 0 Å². The van der Waals surface area contributed by atoms with E-state index in [9.17, 15) is 9.59 Å². The Morgan fingerprint density at radius 2 is 0.656 bits per heavy atom. The van der Waals surface area contributed by atoms with Crippen LogP contribution in [0.2, 0.25) is 0 Å². The van der Waals surface area contributed by atoms with Gasteiger partial charge in [-0.1, -0.05) is 243 Å². The van der Waals surface area contributed by atoms with Crippen molar-refractivity contribution in [3.05, 3.63) is 48.6 Å². The molecule has 5 heteroatoms. The smallest absolute Gasteiger partial charge is 0.306 e. The van der Waals surface area contributed by atoms with E-state index < -0.39 is 6.10 Å². The normalized spacial score (nSPS) is 12.5. The average Bonchev–Trinajstić information content (AvgIpc) is 3.30. The number of carbonyl (C=O) groups excluding carboxylic acids is 2. The minimum atomic E-state index is -0.543. The number of unbranched alkanes of at least 4 members (excludes halogenated alkanes) is 33. The lowest BCUT2D eigenvalue weighted by atomic mass is 10.0. The van der Waals surface area contributed by atoms with Gasteiger partial charge >= 0.3 is 11.9 Å². The van der Waals surface area contributed by atoms with Gasteiger partial charge in [-0.15, -0.1) is 0 Å². The molecule has 0 heterocycles. The SMILES string of the molecule is CCCCC/C=C\C/C=C\C/C=C\CCCCCCCCC(=O)OCC(COCCCCCCCCCCCCCCCCCC)OC(=O)CCCCCCC/C=C\CCCCCC. The molecule has 0 aliphatic heterocycles. The molecule has 0 N–H and O–H groups in total. The van der Waals surface area contributed by atoms with Gasteiger partial charge in [0.2, 0.25) is 0 Å². The highest BCUT2D eigenvalue weighted by Gasteiger charge is 2.17. The molecule has 0 rings (SSSR count). The monoisotopic (exact) mass is 897 g/mol. The molecule has 0 fully saturated rings. The summed E-state index contributed by atoms with van der Waals surface area (Å²) in [6.07, 6.45) is 68.4. The Morgan fingerprint density at radius 1 is 0.344 bits per heavy atom. The van der Waals surface area contributed by atoms with Gasteiger partial charge in [-0.2, -0.15) is 0 Å². The summed E-state index contributed by atoms with van der Waals surface area (Å²) >= 11 is 0. The second-order valence-corrected chi connectivity index (χ2v) is 18.8. The van der Waals surface area contributed by atoms with Crippen LogP contribution in [-0.4, -0.2) is 37.9 Å². The third-order valence-electron chi connectivity index (χ3n) is 12.3. The maximum absolute atomic E-state index is 12.8. The van der Waals surface area contributed by atoms with Crippen LogP contribution < -0.4 is 0 Å². The summed E-state index contributed by atoms with van der Waals surface area (Å²) < 4.78 is 17.4. The molecule has 0 amide bonds. The number of ether oxygens (including phenoxy) is 3. The van der Waals surface area contributed by atoms with Crippen molar-refractivity contribution in [3.8, 4) is 0 Å². The summed E-state index contributed by atoms with van der Waals surface area (Å²) in [5.74, 6) is -0.408. The number of esters is 2. The zero-order chi connectivity index (χ0) is 46.3. The first-order chi connectivity index (χ1) is 31.6. The summed E-state index contributed by atoms with van der Waals surface area (Å²) in [5, 5.41) is 0. The van der Waals surface area contributed by atoms with Crippen LogP contribution >= 0.6 is 0 Å². The fourth-order valence-corrected chi connectivity index (χ4v) is 8.10. The summed E-state index contributed by atoms with van der Waals surface area (Å²) in [5.41, 5.74) is 0. The van der Waals surface area contributed by atoms with Gasteiger partial charge in [0.05, 0.1) is 6.61 Å². The van der Waals surface area contributed by atoms with E-state index >= 15 is 0 Å². The molecule has 0 bridgehead atoms. The maximum atomic E-state index is 12.8. The molecule has 1 atom stereocenters. The van der Waals surface area contributed by atoms with Crippen molar-refractivity contribution < 1.29 is 23.8 Å². The first kappa shape index (κ1) is 61.9. The first-order valence-corrected chi connectivity index (χ1v) is 28.2. The number of hydrogen-bond donors (Lipinski definition) is 0. The molecule has 0 aromatic rings. The third-order valence-corrected chi connectivity index (χ3v) is 12.3. The van der Waals surface area contributed by atoms with E-state index in [2.05, 4.69) is 69.4 Å². The van der Waals surface area contributed by atoms with Crippen LogP contribution in [0.15, 0.2) is 48.6 Å². The third kappa shape index (κ3) is 52.5. The quantitative estimate of drug-likeness (QED) is 0.0346. The molecular weight excluding hydrogens is 789 g/mol. The van der Waals surface area contributed by atoms with Crippen LogP contribution in [0.25, 0.3) is 0 Å². The van der Waals surface area contributed by atoms with Crippen molar-refractivity contribution in [1.82, 2.24) is 0 Å². The van der Waals surface area contributed by atoms with Crippen LogP contribution in [0.4, 0.5) is 0 Å². The standard InChI is InChI=1S/C59H108O5/c1-4-7-10-13-16-19-22-25-27-29-30-31-32-35-37-40-43-46-49-52-58(60)63-56-57(64-59(61)53-50-47-44-41-38-34-24-21-18-15-12-9-6-3)55-62-54-51-48-45-42-39-36-33-28-26-23-20-17-14-11-8-5-2/h16,19,21,24-25,27,30-31,57H,4-15,17-18,20,22-23,26,28-29,32-56H2,1-3H3/b19-16-,24-21-,27-25-,31-30-. The van der Waals surface area contributed by atoms with E-state index in [1.807, 2.05) is 0 Å². The topological polar surface area (TPSA) is 61.8 Å². The van der Waals surface area contributed by atoms with E-state index in [4.69, 9.17) is 14.2 Å². The van der Waals surface area contributed by atoms with Crippen molar-refractivity contribution in [2.45, 2.75) is 297 Å². The van der Waals surface area contributed by atoms with Gasteiger partial charge in [0, 0.05) is 19.4 Å². The number of carbonyl (C=O) groups is 2. The Bertz CT molecular complexity index is 1060. The summed E-state index contributed by atoms with van der Waals surface area (Å²) in [7, 11) is 0. The van der Waals surface area contributed by atoms with E-state index in [0.717, 1.165) is 70.6 Å². The Morgan fingerprint density at radius 3 is 1.11 bits per heavy atom. The van der Waals surface area contributed by atoms with Gasteiger partial charge in [-0.25, -0.2) is 0 Å². The fraction of sp³-hybridized carbons (Fsp3) is 0.831. The minimum absolute atomic E-state index is 0.0785. The van der Waals surface area contributed by atoms with Crippen molar-refractivity contribution in [2.75, 3.05) is 19.8 Å². The van der Waals surface area contributed by atoms with Crippen molar-refractivity contribution in [1.29, 1.82) is 0 Å². The van der Waals surface area contributed by atoms with Gasteiger partial charge in [0.15, 0.2) is 6.10 Å². The zero-order valence-electron chi connectivity index (χ0n) is 43.1. The predicted octanol–water partition coefficient (Wildman–Crippen LogP) is 19.1. The Balaban J connectivity index is 4.25. The molecular formula is C59H108O5. The molecule has 5 nitrogen and oxygen atoms in total. The highest BCUT2D eigenvalue weighted by atomic mass is 16.6. The Hall–Kier alpha value is -2.14. The summed E-state index contributed by atoms with van der Waals surface area (Å²) in [6.45, 7) is 7.81. The lowest BCUT2D eigenvalue weighted by molar-refractivity contribution is -0.163. The van der Waals surface area contributed by atoms with Gasteiger partial charge in [-0.3, -0.25) is 9.59 Å². The zero-order valence-corrected chi connectivity index (χ0v) is 43.1. The van der Waals surface area contributed by atoms with Crippen LogP contribution in [0.1, 0.15) is 290 Å². The predicted molar refractivity (Wildman–Crippen MR) is 279 cm³/mol. The van der Waals surface area contributed by atoms with E-state index in [1.54, 1.807) is 0 Å². The molecule has 374 valence electrons. The number of allylic oxidation sites excluding steroid dienone is 8. The molecule has 0 aromatic heterocycles. The highest BCUT2D eigenvalue weighted by Crippen LogP contribution is 2.15. The minimum Gasteiger partial charge on any atom is -0.462 e. The number of rotatable bonds is 52. The lowest BCUT2D eigenvalue weighted by Crippen LogP contribution is -2.30. The summed E-state index contributed by atoms with van der Waals surface area (Å²) in [4.78, 5) is 25.5. The average molecular weight is 898 g/mol. The van der Waals surface area contributed by atoms with Gasteiger partial charge < -0.3 is 14.2 Å². The van der Waals surface area contributed by atoms with Gasteiger partial charge in [-0.05, 0) is 83.5 Å². The molecule has 1 unspecified atom stereocenters. The maximum Gasteiger partial charge on any atom is 0.306 e. The van der Waals surface area contributed by atoms with E-state index in [0.29, 0.717) is 19.4 Å². The second kappa shape index (κ2) is 55.2. The molecule has 0 saturated heterocycles. The molecule has 0 radical (unpaired) electrons. The van der Waals surface area contributed by atoms with Crippen LogP contribution in [-0.2, 0) is 23.8 Å². The molecule has 0 aliphatic rings. The molecule has 0 saturated carbocycles. The first-order valence-electron chi connectivity index (χ1n) is 28.2.